The first-order valence-corrected chi connectivity index (χ1v) is 8.99. The molecule has 0 aliphatic heterocycles. The highest BCUT2D eigenvalue weighted by Crippen LogP contribution is 2.39. The van der Waals surface area contributed by atoms with Gasteiger partial charge in [-0.3, -0.25) is 4.40 Å². The van der Waals surface area contributed by atoms with Crippen molar-refractivity contribution in [1.29, 1.82) is 0 Å². The second kappa shape index (κ2) is 6.94. The highest BCUT2D eigenvalue weighted by Gasteiger charge is 2.21. The van der Waals surface area contributed by atoms with E-state index in [2.05, 4.69) is 36.7 Å². The van der Waals surface area contributed by atoms with Crippen molar-refractivity contribution in [3.63, 3.8) is 0 Å². The number of aryl methyl sites for hydroxylation is 1. The van der Waals surface area contributed by atoms with Crippen molar-refractivity contribution in [3.05, 3.63) is 66.7 Å². The fourth-order valence-electron chi connectivity index (χ4n) is 3.06. The topological polar surface area (TPSA) is 71.8 Å². The third kappa shape index (κ3) is 2.90. The Bertz CT molecular complexity index is 1190. The van der Waals surface area contributed by atoms with Gasteiger partial charge in [-0.1, -0.05) is 36.4 Å². The summed E-state index contributed by atoms with van der Waals surface area (Å²) in [7, 11) is 0. The summed E-state index contributed by atoms with van der Waals surface area (Å²) >= 11 is 1.59. The number of rotatable bonds is 3. The number of aromatic amines is 1. The van der Waals surface area contributed by atoms with Gasteiger partial charge in [0, 0.05) is 11.8 Å². The first-order chi connectivity index (χ1) is 12.8. The van der Waals surface area contributed by atoms with Gasteiger partial charge in [0.25, 0.3) is 0 Å². The fraction of sp³-hybridized carbons (Fsp3) is 0.0526. The molecule has 1 N–H and O–H groups in total. The molecule has 0 saturated heterocycles. The van der Waals surface area contributed by atoms with E-state index >= 15 is 0 Å². The lowest BCUT2D eigenvalue weighted by Gasteiger charge is -1.99. The smallest absolute Gasteiger partial charge is 0.173 e. The Balaban J connectivity index is 0.00000180. The number of nitrogens with one attached hydrogen (secondary N) is 1. The minimum absolute atomic E-state index is 0. The zero-order valence-corrected chi connectivity index (χ0v) is 16.0. The second-order valence-electron chi connectivity index (χ2n) is 5.87. The molecule has 0 aliphatic carbocycles. The Morgan fingerprint density at radius 2 is 1.81 bits per heavy atom. The Morgan fingerprint density at radius 3 is 2.59 bits per heavy atom. The molecule has 0 amide bonds. The maximum atomic E-state index is 4.96. The van der Waals surface area contributed by atoms with Crippen molar-refractivity contribution >= 4 is 29.4 Å². The molecule has 0 spiro atoms. The van der Waals surface area contributed by atoms with Crippen LogP contribution in [0.1, 0.15) is 5.69 Å². The van der Waals surface area contributed by atoms with Gasteiger partial charge in [0.05, 0.1) is 11.4 Å². The van der Waals surface area contributed by atoms with Crippen LogP contribution in [0.5, 0.6) is 0 Å². The van der Waals surface area contributed by atoms with E-state index in [1.807, 2.05) is 49.5 Å². The van der Waals surface area contributed by atoms with E-state index in [0.717, 1.165) is 44.0 Å². The summed E-state index contributed by atoms with van der Waals surface area (Å²) in [6, 6.07) is 16.1. The van der Waals surface area contributed by atoms with Gasteiger partial charge in [-0.05, 0) is 19.1 Å². The van der Waals surface area contributed by atoms with Gasteiger partial charge in [-0.2, -0.15) is 0 Å². The first kappa shape index (κ1) is 17.4. The minimum atomic E-state index is 0. The number of thiazole rings is 1. The number of imidazole rings is 1. The number of halogens is 1. The van der Waals surface area contributed by atoms with Crippen molar-refractivity contribution in [1.82, 2.24) is 29.5 Å². The maximum absolute atomic E-state index is 4.96. The number of hydrogen-bond acceptors (Lipinski definition) is 5. The lowest BCUT2D eigenvalue weighted by molar-refractivity contribution is 1.10. The standard InChI is InChI=1S/C19H14N6S.ClH/c1-12-16(25-10-6-5-9-14(25)22-12)19-23-15(13-7-3-2-4-8-13)17(26-19)18-20-11-21-24-18;/h2-11H,1H3,(H,20,21,24);1H. The molecule has 5 aromatic rings. The van der Waals surface area contributed by atoms with E-state index < -0.39 is 0 Å². The molecular weight excluding hydrogens is 380 g/mol. The number of nitrogens with zero attached hydrogens (tertiary/aromatic N) is 5. The van der Waals surface area contributed by atoms with Crippen LogP contribution >= 0.6 is 23.7 Å². The molecule has 1 aromatic carbocycles. The first-order valence-electron chi connectivity index (χ1n) is 8.18. The maximum Gasteiger partial charge on any atom is 0.173 e. The molecule has 0 saturated carbocycles. The number of hydrogen-bond donors (Lipinski definition) is 1. The largest absolute Gasteiger partial charge is 0.327 e. The van der Waals surface area contributed by atoms with E-state index in [9.17, 15) is 0 Å². The molecule has 0 fully saturated rings. The van der Waals surface area contributed by atoms with Gasteiger partial charge in [0.2, 0.25) is 0 Å². The molecule has 0 atom stereocenters. The van der Waals surface area contributed by atoms with Crippen LogP contribution in [0.4, 0.5) is 0 Å². The minimum Gasteiger partial charge on any atom is -0.327 e. The summed E-state index contributed by atoms with van der Waals surface area (Å²) in [6.07, 6.45) is 3.60. The highest BCUT2D eigenvalue weighted by atomic mass is 35.5. The number of pyridine rings is 1. The van der Waals surface area contributed by atoms with E-state index in [4.69, 9.17) is 4.98 Å². The van der Waals surface area contributed by atoms with E-state index in [1.54, 1.807) is 17.7 Å². The van der Waals surface area contributed by atoms with Crippen molar-refractivity contribution in [3.8, 4) is 32.7 Å². The van der Waals surface area contributed by atoms with Crippen LogP contribution in [0, 0.1) is 6.92 Å². The molecule has 0 radical (unpaired) electrons. The van der Waals surface area contributed by atoms with Crippen molar-refractivity contribution in [2.75, 3.05) is 0 Å². The average molecular weight is 395 g/mol. The molecule has 27 heavy (non-hydrogen) atoms. The number of fused-ring (bicyclic) bond motifs is 1. The lowest BCUT2D eigenvalue weighted by Crippen LogP contribution is -1.88. The summed E-state index contributed by atoms with van der Waals surface area (Å²) in [5.41, 5.74) is 4.82. The molecule has 134 valence electrons. The quantitative estimate of drug-likeness (QED) is 0.484. The zero-order chi connectivity index (χ0) is 17.5. The van der Waals surface area contributed by atoms with Crippen LogP contribution in [-0.4, -0.2) is 29.5 Å². The Hall–Kier alpha value is -3.03. The van der Waals surface area contributed by atoms with Crippen LogP contribution in [0.25, 0.3) is 38.3 Å². The molecule has 5 rings (SSSR count). The average Bonchev–Trinajstić information content (AvgIpc) is 3.39. The zero-order valence-electron chi connectivity index (χ0n) is 14.3. The summed E-state index contributed by atoms with van der Waals surface area (Å²) in [6.45, 7) is 2.01. The van der Waals surface area contributed by atoms with Gasteiger partial charge in [0.15, 0.2) is 5.82 Å². The van der Waals surface area contributed by atoms with Gasteiger partial charge >= 0.3 is 0 Å². The molecule has 0 aliphatic rings. The Labute approximate surface area is 165 Å². The lowest BCUT2D eigenvalue weighted by atomic mass is 10.1. The van der Waals surface area contributed by atoms with Gasteiger partial charge in [-0.25, -0.2) is 9.97 Å². The normalized spacial score (nSPS) is 10.9. The SMILES string of the molecule is Cc1nc2ccccn2c1-c1nc(-c2ccccc2)c(-c2nnc[nH]2)s1.Cl. The molecule has 0 unspecified atom stereocenters. The van der Waals surface area contributed by atoms with Crippen molar-refractivity contribution in [2.45, 2.75) is 6.92 Å². The van der Waals surface area contributed by atoms with Gasteiger partial charge in [-0.15, -0.1) is 33.9 Å². The highest BCUT2D eigenvalue weighted by molar-refractivity contribution is 7.18. The Kier molecular flexibility index (Phi) is 4.47. The Morgan fingerprint density at radius 1 is 1.00 bits per heavy atom. The third-order valence-electron chi connectivity index (χ3n) is 4.21. The molecular formula is C19H15ClN6S. The third-order valence-corrected chi connectivity index (χ3v) is 5.28. The van der Waals surface area contributed by atoms with Gasteiger partial charge < -0.3 is 4.98 Å². The molecule has 0 bridgehead atoms. The summed E-state index contributed by atoms with van der Waals surface area (Å²) < 4.78 is 2.08. The molecule has 4 aromatic heterocycles. The van der Waals surface area contributed by atoms with Crippen LogP contribution in [0.2, 0.25) is 0 Å². The van der Waals surface area contributed by atoms with Crippen molar-refractivity contribution < 1.29 is 0 Å². The van der Waals surface area contributed by atoms with E-state index in [-0.39, 0.29) is 12.4 Å². The van der Waals surface area contributed by atoms with Crippen LogP contribution in [-0.2, 0) is 0 Å². The number of H-pyrrole nitrogens is 1. The van der Waals surface area contributed by atoms with Crippen molar-refractivity contribution in [2.24, 2.45) is 0 Å². The monoisotopic (exact) mass is 394 g/mol. The van der Waals surface area contributed by atoms with Crippen LogP contribution in [0.3, 0.4) is 0 Å². The predicted molar refractivity (Wildman–Crippen MR) is 109 cm³/mol. The molecule has 8 heteroatoms. The summed E-state index contributed by atoms with van der Waals surface area (Å²) in [5, 5.41) is 9.03. The predicted octanol–water partition coefficient (Wildman–Crippen LogP) is 4.64. The van der Waals surface area contributed by atoms with E-state index in [0.29, 0.717) is 0 Å². The van der Waals surface area contributed by atoms with E-state index in [1.165, 1.54) is 0 Å². The number of benzene rings is 1. The summed E-state index contributed by atoms with van der Waals surface area (Å²) in [4.78, 5) is 13.7. The number of aromatic nitrogens is 6. The van der Waals surface area contributed by atoms with Crippen LogP contribution < -0.4 is 0 Å². The molecule has 4 heterocycles. The van der Waals surface area contributed by atoms with Gasteiger partial charge in [0.1, 0.15) is 27.6 Å². The fourth-order valence-corrected chi connectivity index (χ4v) is 4.19. The summed E-state index contributed by atoms with van der Waals surface area (Å²) in [5.74, 6) is 0.721. The molecule has 6 nitrogen and oxygen atoms in total. The van der Waals surface area contributed by atoms with Crippen LogP contribution in [0.15, 0.2) is 61.1 Å². The second-order valence-corrected chi connectivity index (χ2v) is 6.87.